The fraction of sp³-hybridized carbons (Fsp3) is 0.364. The van der Waals surface area contributed by atoms with Crippen molar-refractivity contribution in [1.29, 1.82) is 0 Å². The summed E-state index contributed by atoms with van der Waals surface area (Å²) in [7, 11) is 0. The molecule has 82 valence electrons. The molecule has 1 unspecified atom stereocenters. The van der Waals surface area contributed by atoms with Gasteiger partial charge in [0, 0.05) is 6.42 Å². The number of hydrogen-bond donors (Lipinski definition) is 1. The van der Waals surface area contributed by atoms with Gasteiger partial charge in [-0.1, -0.05) is 19.1 Å². The third-order valence-electron chi connectivity index (χ3n) is 2.15. The van der Waals surface area contributed by atoms with Crippen LogP contribution in [0, 0.1) is 11.6 Å². The molecule has 15 heavy (non-hydrogen) atoms. The van der Waals surface area contributed by atoms with E-state index < -0.39 is 23.5 Å². The number of ketones is 1. The second-order valence-corrected chi connectivity index (χ2v) is 3.28. The largest absolute Gasteiger partial charge is 0.385 e. The first-order chi connectivity index (χ1) is 7.06. The zero-order valence-electron chi connectivity index (χ0n) is 8.34. The van der Waals surface area contributed by atoms with E-state index in [1.165, 1.54) is 12.1 Å². The molecular weight excluding hydrogens is 202 g/mol. The van der Waals surface area contributed by atoms with Crippen LogP contribution in [0.1, 0.15) is 18.9 Å². The van der Waals surface area contributed by atoms with E-state index in [1.54, 1.807) is 6.92 Å². The third-order valence-corrected chi connectivity index (χ3v) is 2.15. The van der Waals surface area contributed by atoms with Crippen molar-refractivity contribution in [3.63, 3.8) is 0 Å². The van der Waals surface area contributed by atoms with Gasteiger partial charge in [0.15, 0.2) is 17.4 Å². The molecule has 1 aromatic rings. The average Bonchev–Trinajstić information content (AvgIpc) is 2.23. The minimum atomic E-state index is -1.10. The van der Waals surface area contributed by atoms with Crippen LogP contribution in [0.3, 0.4) is 0 Å². The van der Waals surface area contributed by atoms with Gasteiger partial charge < -0.3 is 5.11 Å². The molecule has 1 atom stereocenters. The van der Waals surface area contributed by atoms with Gasteiger partial charge in [0.25, 0.3) is 0 Å². The molecule has 0 aliphatic rings. The summed E-state index contributed by atoms with van der Waals surface area (Å²) in [6, 6.07) is 3.65. The van der Waals surface area contributed by atoms with E-state index in [0.717, 1.165) is 6.07 Å². The molecule has 4 heteroatoms. The van der Waals surface area contributed by atoms with Crippen LogP contribution >= 0.6 is 0 Å². The maximum atomic E-state index is 13.1. The van der Waals surface area contributed by atoms with Gasteiger partial charge in [0.2, 0.25) is 0 Å². The van der Waals surface area contributed by atoms with Crippen LogP contribution in [0.25, 0.3) is 0 Å². The van der Waals surface area contributed by atoms with Gasteiger partial charge in [0.05, 0.1) is 0 Å². The summed E-state index contributed by atoms with van der Waals surface area (Å²) >= 11 is 0. The first-order valence-corrected chi connectivity index (χ1v) is 4.70. The second kappa shape index (κ2) is 4.98. The molecule has 1 rings (SSSR count). The van der Waals surface area contributed by atoms with E-state index in [2.05, 4.69) is 0 Å². The van der Waals surface area contributed by atoms with Gasteiger partial charge in [0.1, 0.15) is 6.10 Å². The van der Waals surface area contributed by atoms with E-state index in [4.69, 9.17) is 0 Å². The molecule has 0 saturated heterocycles. The molecule has 2 nitrogen and oxygen atoms in total. The maximum Gasteiger partial charge on any atom is 0.165 e. The van der Waals surface area contributed by atoms with Gasteiger partial charge in [-0.05, 0) is 18.1 Å². The van der Waals surface area contributed by atoms with Gasteiger partial charge in [-0.3, -0.25) is 4.79 Å². The summed E-state index contributed by atoms with van der Waals surface area (Å²) in [6.07, 6.45) is -1.11. The Morgan fingerprint density at radius 2 is 2.13 bits per heavy atom. The van der Waals surface area contributed by atoms with Crippen molar-refractivity contribution in [2.24, 2.45) is 0 Å². The minimum Gasteiger partial charge on any atom is -0.385 e. The molecule has 0 aliphatic heterocycles. The van der Waals surface area contributed by atoms with Crippen LogP contribution in [0.5, 0.6) is 0 Å². The number of carbonyl (C=O) groups excluding carboxylic acids is 1. The van der Waals surface area contributed by atoms with Gasteiger partial charge >= 0.3 is 0 Å². The van der Waals surface area contributed by atoms with Crippen LogP contribution in [-0.2, 0) is 11.2 Å². The Kier molecular flexibility index (Phi) is 3.91. The van der Waals surface area contributed by atoms with E-state index >= 15 is 0 Å². The summed E-state index contributed by atoms with van der Waals surface area (Å²) in [5, 5.41) is 9.18. The summed E-state index contributed by atoms with van der Waals surface area (Å²) in [6.45, 7) is 1.64. The van der Waals surface area contributed by atoms with Gasteiger partial charge in [-0.15, -0.1) is 0 Å². The molecule has 0 heterocycles. The van der Waals surface area contributed by atoms with E-state index in [9.17, 15) is 18.7 Å². The van der Waals surface area contributed by atoms with Crippen molar-refractivity contribution in [2.75, 3.05) is 0 Å². The molecule has 1 N–H and O–H groups in total. The lowest BCUT2D eigenvalue weighted by Gasteiger charge is -2.07. The quantitative estimate of drug-likeness (QED) is 0.830. The molecule has 0 fully saturated rings. The van der Waals surface area contributed by atoms with Crippen molar-refractivity contribution in [3.8, 4) is 0 Å². The standard InChI is InChI=1S/C11H12F2O2/c1-2-9(14)10(15)6-7-4-3-5-8(12)11(7)13/h3-5,9,14H,2,6H2,1H3. The Labute approximate surface area is 86.5 Å². The topological polar surface area (TPSA) is 37.3 Å². The Hall–Kier alpha value is -1.29. The molecule has 0 aliphatic carbocycles. The highest BCUT2D eigenvalue weighted by Crippen LogP contribution is 2.13. The van der Waals surface area contributed by atoms with Crippen LogP contribution < -0.4 is 0 Å². The Morgan fingerprint density at radius 3 is 2.73 bits per heavy atom. The molecule has 0 aromatic heterocycles. The Bertz CT molecular complexity index is 364. The van der Waals surface area contributed by atoms with E-state index in [-0.39, 0.29) is 18.4 Å². The monoisotopic (exact) mass is 214 g/mol. The van der Waals surface area contributed by atoms with Gasteiger partial charge in [-0.2, -0.15) is 0 Å². The number of Topliss-reactive ketones (excluding diaryl/α,β-unsaturated/α-hetero) is 1. The predicted octanol–water partition coefficient (Wildman–Crippen LogP) is 1.85. The lowest BCUT2D eigenvalue weighted by molar-refractivity contribution is -0.126. The molecule has 0 amide bonds. The molecule has 1 aromatic carbocycles. The van der Waals surface area contributed by atoms with Crippen LogP contribution in [0.4, 0.5) is 8.78 Å². The molecule has 0 saturated carbocycles. The van der Waals surface area contributed by atoms with Crippen LogP contribution in [0.2, 0.25) is 0 Å². The predicted molar refractivity (Wildman–Crippen MR) is 51.4 cm³/mol. The first kappa shape index (κ1) is 11.8. The summed E-state index contributed by atoms with van der Waals surface area (Å²) in [5.41, 5.74) is -0.0208. The van der Waals surface area contributed by atoms with Crippen molar-refractivity contribution in [1.82, 2.24) is 0 Å². The lowest BCUT2D eigenvalue weighted by atomic mass is 10.0. The highest BCUT2D eigenvalue weighted by atomic mass is 19.2. The van der Waals surface area contributed by atoms with Crippen molar-refractivity contribution in [3.05, 3.63) is 35.4 Å². The number of benzene rings is 1. The zero-order chi connectivity index (χ0) is 11.4. The summed E-state index contributed by atoms with van der Waals surface area (Å²) < 4.78 is 25.9. The number of halogens is 2. The fourth-order valence-corrected chi connectivity index (χ4v) is 1.22. The fourth-order valence-electron chi connectivity index (χ4n) is 1.22. The normalized spacial score (nSPS) is 12.5. The molecular formula is C11H12F2O2. The highest BCUT2D eigenvalue weighted by molar-refractivity contribution is 5.84. The van der Waals surface area contributed by atoms with E-state index in [0.29, 0.717) is 0 Å². The van der Waals surface area contributed by atoms with Gasteiger partial charge in [-0.25, -0.2) is 8.78 Å². The average molecular weight is 214 g/mol. The number of carbonyl (C=O) groups is 1. The molecule has 0 spiro atoms. The van der Waals surface area contributed by atoms with Crippen LogP contribution in [-0.4, -0.2) is 17.0 Å². The van der Waals surface area contributed by atoms with Crippen molar-refractivity contribution < 1.29 is 18.7 Å². The Balaban J connectivity index is 2.81. The maximum absolute atomic E-state index is 13.1. The number of hydrogen-bond acceptors (Lipinski definition) is 2. The van der Waals surface area contributed by atoms with E-state index in [1.807, 2.05) is 0 Å². The number of aliphatic hydroxyl groups excluding tert-OH is 1. The van der Waals surface area contributed by atoms with Crippen molar-refractivity contribution in [2.45, 2.75) is 25.9 Å². The lowest BCUT2D eigenvalue weighted by Crippen LogP contribution is -2.21. The first-order valence-electron chi connectivity index (χ1n) is 4.70. The van der Waals surface area contributed by atoms with Crippen molar-refractivity contribution >= 4 is 5.78 Å². The molecule has 0 radical (unpaired) electrons. The highest BCUT2D eigenvalue weighted by Gasteiger charge is 2.16. The second-order valence-electron chi connectivity index (χ2n) is 3.28. The minimum absolute atomic E-state index is 0.0208. The molecule has 0 bridgehead atoms. The van der Waals surface area contributed by atoms with Crippen LogP contribution in [0.15, 0.2) is 18.2 Å². The summed E-state index contributed by atoms with van der Waals surface area (Å²) in [4.78, 5) is 11.3. The zero-order valence-corrected chi connectivity index (χ0v) is 8.34. The Morgan fingerprint density at radius 1 is 1.47 bits per heavy atom. The number of aliphatic hydroxyl groups is 1. The SMILES string of the molecule is CCC(O)C(=O)Cc1cccc(F)c1F. The third kappa shape index (κ3) is 2.83. The number of rotatable bonds is 4. The smallest absolute Gasteiger partial charge is 0.165 e. The summed E-state index contributed by atoms with van der Waals surface area (Å²) in [5.74, 6) is -2.50.